The highest BCUT2D eigenvalue weighted by Crippen LogP contribution is 2.33. The molecule has 2 aliphatic rings. The molecule has 0 bridgehead atoms. The van der Waals surface area contributed by atoms with Crippen LogP contribution in [0.4, 0.5) is 13.2 Å². The summed E-state index contributed by atoms with van der Waals surface area (Å²) in [5.41, 5.74) is 1.33. The van der Waals surface area contributed by atoms with E-state index in [-0.39, 0.29) is 12.2 Å². The molecule has 1 N–H and O–H groups in total. The second-order valence-corrected chi connectivity index (χ2v) is 6.60. The summed E-state index contributed by atoms with van der Waals surface area (Å²) in [4.78, 5) is 11.4. The first kappa shape index (κ1) is 22.4. The monoisotopic (exact) mass is 405 g/mol. The Morgan fingerprint density at radius 1 is 1.29 bits per heavy atom. The fourth-order valence-electron chi connectivity index (χ4n) is 3.55. The number of alkyl halides is 3. The lowest BCUT2D eigenvalue weighted by Gasteiger charge is -2.39. The Labute approximate surface area is 162 Å². The van der Waals surface area contributed by atoms with Gasteiger partial charge in [-0.15, -0.1) is 0 Å². The molecule has 0 radical (unpaired) electrons. The summed E-state index contributed by atoms with van der Waals surface area (Å²) in [5.74, 6) is -1.84. The van der Waals surface area contributed by atoms with E-state index in [0.717, 1.165) is 38.5 Å². The summed E-state index contributed by atoms with van der Waals surface area (Å²) in [5, 5.41) is 7.12. The Hall–Kier alpha value is -1.84. The Bertz CT molecular complexity index is 623. The average molecular weight is 405 g/mol. The molecule has 0 amide bonds. The smallest absolute Gasteiger partial charge is 0.490 e. The van der Waals surface area contributed by atoms with Gasteiger partial charge in [-0.2, -0.15) is 13.2 Å². The summed E-state index contributed by atoms with van der Waals surface area (Å²) in [7, 11) is 1.70. The van der Waals surface area contributed by atoms with Crippen molar-refractivity contribution in [3.8, 4) is 5.75 Å². The zero-order valence-electron chi connectivity index (χ0n) is 15.9. The van der Waals surface area contributed by atoms with Crippen LogP contribution < -0.4 is 4.74 Å². The number of fused-ring (bicyclic) bond motifs is 1. The number of benzene rings is 1. The number of ether oxygens (including phenoxy) is 3. The van der Waals surface area contributed by atoms with E-state index in [1.165, 1.54) is 12.0 Å². The number of carbonyl (C=O) groups is 1. The number of methoxy groups -OCH3 is 1. The molecule has 1 aromatic rings. The van der Waals surface area contributed by atoms with Crippen LogP contribution in [0.5, 0.6) is 5.75 Å². The predicted octanol–water partition coefficient (Wildman–Crippen LogP) is 3.10. The summed E-state index contributed by atoms with van der Waals surface area (Å²) in [6, 6.07) is 8.87. The van der Waals surface area contributed by atoms with Crippen molar-refractivity contribution in [1.29, 1.82) is 0 Å². The fraction of sp³-hybridized carbons (Fsp3) is 0.632. The van der Waals surface area contributed by atoms with E-state index >= 15 is 0 Å². The molecule has 9 heteroatoms. The highest BCUT2D eigenvalue weighted by atomic mass is 19.4. The van der Waals surface area contributed by atoms with Gasteiger partial charge < -0.3 is 19.3 Å². The lowest BCUT2D eigenvalue weighted by molar-refractivity contribution is -0.192. The minimum absolute atomic E-state index is 0.247. The standard InChI is InChI=1S/C17H25NO3.C2HF3O2/c1-3-20-16-9-8-15-17(16)21-11-10-18(15)12-13-4-6-14(19-2)7-5-13;3-2(4,5)1(6)7/h4-7,15-17H,3,8-12H2,1-2H3;(H,6,7)/t15-,16+,17+;/m0./s1. The van der Waals surface area contributed by atoms with Crippen LogP contribution in [-0.4, -0.2) is 67.3 Å². The van der Waals surface area contributed by atoms with E-state index in [1.54, 1.807) is 7.11 Å². The molecule has 1 saturated heterocycles. The van der Waals surface area contributed by atoms with Gasteiger partial charge in [-0.25, -0.2) is 4.79 Å². The molecule has 3 atom stereocenters. The number of nitrogens with zero attached hydrogens (tertiary/aromatic N) is 1. The third-order valence-electron chi connectivity index (χ3n) is 4.82. The molecule has 1 saturated carbocycles. The lowest BCUT2D eigenvalue weighted by atomic mass is 10.1. The van der Waals surface area contributed by atoms with Crippen molar-refractivity contribution in [2.75, 3.05) is 26.9 Å². The molecule has 3 rings (SSSR count). The molecule has 2 fully saturated rings. The third-order valence-corrected chi connectivity index (χ3v) is 4.82. The number of aliphatic carboxylic acids is 1. The van der Waals surface area contributed by atoms with E-state index < -0.39 is 12.1 Å². The molecule has 6 nitrogen and oxygen atoms in total. The van der Waals surface area contributed by atoms with Crippen LogP contribution in [0, 0.1) is 0 Å². The van der Waals surface area contributed by atoms with Gasteiger partial charge in [-0.1, -0.05) is 12.1 Å². The van der Waals surface area contributed by atoms with Gasteiger partial charge in [0.25, 0.3) is 0 Å². The molecule has 1 aromatic carbocycles. The van der Waals surface area contributed by atoms with Crippen molar-refractivity contribution in [1.82, 2.24) is 4.90 Å². The normalized spacial score (nSPS) is 24.8. The quantitative estimate of drug-likeness (QED) is 0.812. The minimum Gasteiger partial charge on any atom is -0.497 e. The number of halogens is 3. The molecule has 28 heavy (non-hydrogen) atoms. The van der Waals surface area contributed by atoms with E-state index in [0.29, 0.717) is 6.04 Å². The van der Waals surface area contributed by atoms with Crippen LogP contribution in [0.25, 0.3) is 0 Å². The van der Waals surface area contributed by atoms with Crippen LogP contribution in [0.1, 0.15) is 25.3 Å². The lowest BCUT2D eigenvalue weighted by Crippen LogP contribution is -2.51. The molecule has 0 aromatic heterocycles. The van der Waals surface area contributed by atoms with Gasteiger partial charge in [0.15, 0.2) is 0 Å². The molecule has 1 heterocycles. The van der Waals surface area contributed by atoms with Crippen LogP contribution >= 0.6 is 0 Å². The van der Waals surface area contributed by atoms with Crippen molar-refractivity contribution in [3.05, 3.63) is 29.8 Å². The first-order chi connectivity index (χ1) is 13.3. The summed E-state index contributed by atoms with van der Waals surface area (Å²) < 4.78 is 48.8. The molecule has 0 unspecified atom stereocenters. The number of hydrogen-bond donors (Lipinski definition) is 1. The predicted molar refractivity (Wildman–Crippen MR) is 95.3 cm³/mol. The van der Waals surface area contributed by atoms with Crippen LogP contribution in [0.15, 0.2) is 24.3 Å². The van der Waals surface area contributed by atoms with Gasteiger partial charge in [0.2, 0.25) is 0 Å². The van der Waals surface area contributed by atoms with Crippen LogP contribution in [0.2, 0.25) is 0 Å². The highest BCUT2D eigenvalue weighted by molar-refractivity contribution is 5.73. The van der Waals surface area contributed by atoms with Crippen LogP contribution in [-0.2, 0) is 20.8 Å². The van der Waals surface area contributed by atoms with Crippen molar-refractivity contribution < 1.29 is 37.3 Å². The van der Waals surface area contributed by atoms with Crippen molar-refractivity contribution in [3.63, 3.8) is 0 Å². The van der Waals surface area contributed by atoms with Gasteiger partial charge in [0.05, 0.1) is 25.9 Å². The number of morpholine rings is 1. The van der Waals surface area contributed by atoms with Gasteiger partial charge in [-0.3, -0.25) is 4.90 Å². The summed E-state index contributed by atoms with van der Waals surface area (Å²) >= 11 is 0. The van der Waals surface area contributed by atoms with E-state index in [2.05, 4.69) is 24.0 Å². The van der Waals surface area contributed by atoms with E-state index in [9.17, 15) is 13.2 Å². The zero-order valence-corrected chi connectivity index (χ0v) is 15.9. The Balaban J connectivity index is 0.000000345. The number of hydrogen-bond acceptors (Lipinski definition) is 5. The van der Waals surface area contributed by atoms with Gasteiger partial charge in [0, 0.05) is 25.7 Å². The molecular weight excluding hydrogens is 379 g/mol. The summed E-state index contributed by atoms with van der Waals surface area (Å²) in [6.07, 6.45) is -2.27. The molecule has 1 aliphatic carbocycles. The topological polar surface area (TPSA) is 68.2 Å². The second-order valence-electron chi connectivity index (χ2n) is 6.60. The maximum Gasteiger partial charge on any atom is 0.490 e. The fourth-order valence-corrected chi connectivity index (χ4v) is 3.55. The van der Waals surface area contributed by atoms with Gasteiger partial charge >= 0.3 is 12.1 Å². The van der Waals surface area contributed by atoms with Crippen LogP contribution in [0.3, 0.4) is 0 Å². The minimum atomic E-state index is -5.08. The number of carboxylic acid groups (broad SMARTS) is 1. The second kappa shape index (κ2) is 10.1. The Kier molecular flexibility index (Phi) is 8.09. The van der Waals surface area contributed by atoms with Crippen molar-refractivity contribution >= 4 is 5.97 Å². The first-order valence-corrected chi connectivity index (χ1v) is 9.16. The molecular formula is C19H26F3NO5. The van der Waals surface area contributed by atoms with E-state index in [1.807, 2.05) is 12.1 Å². The Morgan fingerprint density at radius 2 is 1.93 bits per heavy atom. The van der Waals surface area contributed by atoms with Gasteiger partial charge in [0.1, 0.15) is 5.75 Å². The summed E-state index contributed by atoms with van der Waals surface area (Å²) in [6.45, 7) is 5.63. The maximum atomic E-state index is 10.6. The van der Waals surface area contributed by atoms with Crippen molar-refractivity contribution in [2.45, 2.75) is 50.7 Å². The number of rotatable bonds is 5. The third kappa shape index (κ3) is 6.08. The maximum absolute atomic E-state index is 10.6. The molecule has 158 valence electrons. The first-order valence-electron chi connectivity index (χ1n) is 9.16. The molecule has 1 aliphatic heterocycles. The molecule has 0 spiro atoms. The van der Waals surface area contributed by atoms with Crippen molar-refractivity contribution in [2.24, 2.45) is 0 Å². The average Bonchev–Trinajstić information content (AvgIpc) is 3.07. The van der Waals surface area contributed by atoms with Gasteiger partial charge in [-0.05, 0) is 37.5 Å². The highest BCUT2D eigenvalue weighted by Gasteiger charge is 2.43. The van der Waals surface area contributed by atoms with E-state index in [4.69, 9.17) is 24.1 Å². The Morgan fingerprint density at radius 3 is 2.46 bits per heavy atom. The largest absolute Gasteiger partial charge is 0.497 e. The number of carboxylic acids is 1. The zero-order chi connectivity index (χ0) is 20.7. The SMILES string of the molecule is CCO[C@@H]1CC[C@H]2[C@H]1OCCN2Cc1ccc(OC)cc1.O=C(O)C(F)(F)F.